The highest BCUT2D eigenvalue weighted by Gasteiger charge is 2.38. The highest BCUT2D eigenvalue weighted by Crippen LogP contribution is 2.44. The van der Waals surface area contributed by atoms with Crippen molar-refractivity contribution < 1.29 is 14.3 Å². The number of nitrogens with one attached hydrogen (secondary N) is 1. The van der Waals surface area contributed by atoms with Gasteiger partial charge in [0.2, 0.25) is 5.91 Å². The molecule has 1 heterocycles. The van der Waals surface area contributed by atoms with Crippen LogP contribution in [0.2, 0.25) is 0 Å². The lowest BCUT2D eigenvalue weighted by atomic mass is 9.85. The van der Waals surface area contributed by atoms with Gasteiger partial charge in [0.15, 0.2) is 5.78 Å². The van der Waals surface area contributed by atoms with Crippen LogP contribution in [0.3, 0.4) is 0 Å². The number of allylic oxidation sites excluding steroid dienone is 1. The molecule has 1 aliphatic heterocycles. The molecule has 5 rings (SSSR count). The predicted molar refractivity (Wildman–Crippen MR) is 153 cm³/mol. The molecule has 196 valence electrons. The highest BCUT2D eigenvalue weighted by molar-refractivity contribution is 6.05. The first-order chi connectivity index (χ1) is 18.5. The monoisotopic (exact) mass is 509 g/mol. The van der Waals surface area contributed by atoms with Gasteiger partial charge in [-0.05, 0) is 68.7 Å². The van der Waals surface area contributed by atoms with Crippen LogP contribution in [0, 0.1) is 12.1 Å². The number of rotatable bonds is 5. The average Bonchev–Trinajstić information content (AvgIpc) is 3.10. The number of hydrogen-bond donors (Lipinski definition) is 1. The number of fused-ring (bicyclic) bond motifs is 1. The number of anilines is 3. The number of amides is 1. The Morgan fingerprint density at radius 3 is 2.39 bits per heavy atom. The second kappa shape index (κ2) is 12.3. The Bertz CT molecular complexity index is 1280. The second-order valence-electron chi connectivity index (χ2n) is 9.24. The Balaban J connectivity index is 0.000000360. The maximum atomic E-state index is 13.1. The molecule has 38 heavy (non-hydrogen) atoms. The van der Waals surface area contributed by atoms with Crippen molar-refractivity contribution in [3.8, 4) is 5.75 Å². The molecule has 0 bridgehead atoms. The molecule has 6 nitrogen and oxygen atoms in total. The fourth-order valence-corrected chi connectivity index (χ4v) is 5.11. The van der Waals surface area contributed by atoms with Gasteiger partial charge in [0, 0.05) is 49.5 Å². The third-order valence-corrected chi connectivity index (χ3v) is 6.98. The number of carbonyl (C=O) groups excluding carboxylic acids is 2. The molecule has 0 spiro atoms. The summed E-state index contributed by atoms with van der Waals surface area (Å²) in [7, 11) is 1.63. The molecule has 0 aromatic heterocycles. The van der Waals surface area contributed by atoms with Crippen LogP contribution in [0.5, 0.6) is 5.75 Å². The van der Waals surface area contributed by atoms with Gasteiger partial charge in [-0.2, -0.15) is 0 Å². The van der Waals surface area contributed by atoms with E-state index in [1.54, 1.807) is 31.1 Å². The summed E-state index contributed by atoms with van der Waals surface area (Å²) in [4.78, 5) is 30.1. The van der Waals surface area contributed by atoms with Crippen LogP contribution in [-0.2, 0) is 9.59 Å². The van der Waals surface area contributed by atoms with Crippen molar-refractivity contribution in [2.24, 2.45) is 0 Å². The summed E-state index contributed by atoms with van der Waals surface area (Å²) in [5.41, 5.74) is 5.46. The van der Waals surface area contributed by atoms with Gasteiger partial charge in [0.25, 0.3) is 0 Å². The van der Waals surface area contributed by atoms with Crippen LogP contribution in [-0.4, -0.2) is 31.9 Å². The van der Waals surface area contributed by atoms with Crippen LogP contribution < -0.4 is 19.9 Å². The van der Waals surface area contributed by atoms with Gasteiger partial charge in [0.05, 0.1) is 24.5 Å². The van der Waals surface area contributed by atoms with Crippen LogP contribution in [0.4, 0.5) is 17.1 Å². The fourth-order valence-electron chi connectivity index (χ4n) is 5.11. The van der Waals surface area contributed by atoms with Crippen LogP contribution in [0.1, 0.15) is 51.6 Å². The van der Waals surface area contributed by atoms with Gasteiger partial charge in [-0.1, -0.05) is 36.4 Å². The maximum Gasteiger partial charge on any atom is 0.224 e. The normalized spacial score (nSPS) is 16.1. The number of carbonyl (C=O) groups is 2. The standard InChI is InChI=1S/C25H29N3O2.C7H6O/c1-4-27(5-2)19-15-13-18(14-16-19)25-24-21(10-8-12-23(24)30)26-20-9-6-7-11-22(20)28(25)17(3)29;1-8-7-5-3-2-4-6-7/h6-7,9,11,13-16,25-26H,4-5,8,10,12H2,1-3H3;3,5-6H,1H3. The van der Waals surface area contributed by atoms with E-state index >= 15 is 0 Å². The number of para-hydroxylation sites is 2. The quantitative estimate of drug-likeness (QED) is 0.434. The van der Waals surface area contributed by atoms with Gasteiger partial charge in [-0.15, -0.1) is 0 Å². The molecule has 3 aromatic carbocycles. The zero-order chi connectivity index (χ0) is 27.1. The highest BCUT2D eigenvalue weighted by atomic mass is 16.5. The second-order valence-corrected chi connectivity index (χ2v) is 9.24. The summed E-state index contributed by atoms with van der Waals surface area (Å²) in [6, 6.07) is 26.6. The van der Waals surface area contributed by atoms with Gasteiger partial charge in [0.1, 0.15) is 5.75 Å². The van der Waals surface area contributed by atoms with Crippen molar-refractivity contribution >= 4 is 28.8 Å². The van der Waals surface area contributed by atoms with Crippen molar-refractivity contribution in [2.75, 3.05) is 35.3 Å². The SMILES string of the molecule is CCN(CC)c1ccc(C2C3=C(CCCC3=O)Nc3ccccc3N2C(C)=O)cc1.COc1cc#ccc1. The summed E-state index contributed by atoms with van der Waals surface area (Å²) in [5, 5.41) is 3.48. The third-order valence-electron chi connectivity index (χ3n) is 6.98. The zero-order valence-corrected chi connectivity index (χ0v) is 22.6. The lowest BCUT2D eigenvalue weighted by Gasteiger charge is -2.33. The predicted octanol–water partition coefficient (Wildman–Crippen LogP) is 6.36. The number of nitrogens with zero attached hydrogens (tertiary/aromatic N) is 2. The number of methoxy groups -OCH3 is 1. The smallest absolute Gasteiger partial charge is 0.224 e. The van der Waals surface area contributed by atoms with E-state index in [1.165, 1.54) is 0 Å². The van der Waals surface area contributed by atoms with Gasteiger partial charge < -0.3 is 15.0 Å². The van der Waals surface area contributed by atoms with E-state index in [-0.39, 0.29) is 11.7 Å². The fraction of sp³-hybridized carbons (Fsp3) is 0.312. The van der Waals surface area contributed by atoms with Gasteiger partial charge >= 0.3 is 0 Å². The number of hydrogen-bond acceptors (Lipinski definition) is 5. The molecule has 1 aliphatic carbocycles. The molecule has 0 saturated carbocycles. The largest absolute Gasteiger partial charge is 0.496 e. The summed E-state index contributed by atoms with van der Waals surface area (Å²) >= 11 is 0. The van der Waals surface area contributed by atoms with Crippen molar-refractivity contribution in [1.29, 1.82) is 0 Å². The summed E-state index contributed by atoms with van der Waals surface area (Å²) < 4.78 is 4.86. The number of ketones is 1. The molecule has 0 radical (unpaired) electrons. The molecule has 0 saturated heterocycles. The van der Waals surface area contributed by atoms with Crippen molar-refractivity contribution in [2.45, 2.75) is 46.1 Å². The van der Waals surface area contributed by atoms with E-state index in [4.69, 9.17) is 4.74 Å². The van der Waals surface area contributed by atoms with E-state index in [2.05, 4.69) is 60.5 Å². The molecular formula is C32H35N3O3. The lowest BCUT2D eigenvalue weighted by molar-refractivity contribution is -0.117. The minimum absolute atomic E-state index is 0.0748. The Kier molecular flexibility index (Phi) is 8.70. The molecule has 1 atom stereocenters. The van der Waals surface area contributed by atoms with Gasteiger partial charge in [-0.25, -0.2) is 0 Å². The van der Waals surface area contributed by atoms with E-state index in [1.807, 2.05) is 30.3 Å². The number of Topliss-reactive ketones (excluding diaryl/α,β-unsaturated/α-hetero) is 1. The molecule has 1 amide bonds. The molecule has 1 N–H and O–H groups in total. The Morgan fingerprint density at radius 2 is 1.79 bits per heavy atom. The van der Waals surface area contributed by atoms with Gasteiger partial charge in [-0.3, -0.25) is 14.5 Å². The summed E-state index contributed by atoms with van der Waals surface area (Å²) in [5.74, 6) is 0.874. The van der Waals surface area contributed by atoms with E-state index < -0.39 is 6.04 Å². The minimum atomic E-state index is -0.424. The maximum absolute atomic E-state index is 13.1. The molecule has 3 aromatic rings. The van der Waals surface area contributed by atoms with Crippen LogP contribution in [0.25, 0.3) is 0 Å². The molecular weight excluding hydrogens is 474 g/mol. The summed E-state index contributed by atoms with van der Waals surface area (Å²) in [6.45, 7) is 7.72. The van der Waals surface area contributed by atoms with Crippen molar-refractivity contribution in [3.05, 3.63) is 95.7 Å². The molecule has 6 heteroatoms. The van der Waals surface area contributed by atoms with E-state index in [0.717, 1.165) is 65.6 Å². The van der Waals surface area contributed by atoms with Crippen LogP contribution in [0.15, 0.2) is 78.0 Å². The lowest BCUT2D eigenvalue weighted by Crippen LogP contribution is -2.36. The first-order valence-electron chi connectivity index (χ1n) is 13.2. The molecule has 1 unspecified atom stereocenters. The van der Waals surface area contributed by atoms with Crippen molar-refractivity contribution in [3.63, 3.8) is 0 Å². The topological polar surface area (TPSA) is 61.9 Å². The molecule has 2 aliphatic rings. The van der Waals surface area contributed by atoms with Crippen LogP contribution >= 0.6 is 0 Å². The third kappa shape index (κ3) is 5.68. The Labute approximate surface area is 225 Å². The van der Waals surface area contributed by atoms with Crippen molar-refractivity contribution in [1.82, 2.24) is 0 Å². The minimum Gasteiger partial charge on any atom is -0.496 e. The number of ether oxygens (including phenoxy) is 1. The first kappa shape index (κ1) is 26.8. The molecule has 0 fully saturated rings. The number of benzene rings is 2. The zero-order valence-electron chi connectivity index (χ0n) is 22.6. The van der Waals surface area contributed by atoms with E-state index in [0.29, 0.717) is 6.42 Å². The van der Waals surface area contributed by atoms with E-state index in [9.17, 15) is 9.59 Å². The summed E-state index contributed by atoms with van der Waals surface area (Å²) in [6.07, 6.45) is 2.17. The average molecular weight is 510 g/mol. The first-order valence-corrected chi connectivity index (χ1v) is 13.2. The Hall–Kier alpha value is -4.24. The Morgan fingerprint density at radius 1 is 1.05 bits per heavy atom.